The zero-order valence-electron chi connectivity index (χ0n) is 7.85. The van der Waals surface area contributed by atoms with E-state index < -0.39 is 0 Å². The Labute approximate surface area is 78.3 Å². The second-order valence-electron chi connectivity index (χ2n) is 3.68. The molecule has 13 heavy (non-hydrogen) atoms. The summed E-state index contributed by atoms with van der Waals surface area (Å²) in [4.78, 5) is 0. The van der Waals surface area contributed by atoms with Crippen molar-refractivity contribution in [3.63, 3.8) is 0 Å². The number of fused-ring (bicyclic) bond motifs is 2. The third kappa shape index (κ3) is 1.64. The molecular formula is C10H16O3. The second-order valence-corrected chi connectivity index (χ2v) is 3.68. The molecule has 2 bridgehead atoms. The lowest BCUT2D eigenvalue weighted by atomic mass is 9.86. The number of aliphatic hydroxyl groups is 1. The molecule has 0 spiro atoms. The maximum Gasteiger partial charge on any atom is 0.177 e. The van der Waals surface area contributed by atoms with Crippen LogP contribution in [0.3, 0.4) is 0 Å². The van der Waals surface area contributed by atoms with Gasteiger partial charge in [-0.1, -0.05) is 13.0 Å². The smallest absolute Gasteiger partial charge is 0.177 e. The molecule has 2 aliphatic heterocycles. The Morgan fingerprint density at radius 1 is 1.46 bits per heavy atom. The average molecular weight is 184 g/mol. The van der Waals surface area contributed by atoms with Gasteiger partial charge in [0.15, 0.2) is 6.29 Å². The van der Waals surface area contributed by atoms with E-state index in [9.17, 15) is 5.11 Å². The molecule has 2 unspecified atom stereocenters. The number of ether oxygens (including phenoxy) is 2. The summed E-state index contributed by atoms with van der Waals surface area (Å²) in [6.45, 7) is 2.94. The van der Waals surface area contributed by atoms with E-state index in [1.165, 1.54) is 0 Å². The van der Waals surface area contributed by atoms with E-state index in [1.807, 2.05) is 6.08 Å². The Bertz CT molecular complexity index is 202. The Morgan fingerprint density at radius 3 is 3.00 bits per heavy atom. The van der Waals surface area contributed by atoms with E-state index in [1.54, 1.807) is 0 Å². The van der Waals surface area contributed by atoms with Crippen molar-refractivity contribution in [2.75, 3.05) is 13.2 Å². The van der Waals surface area contributed by atoms with Gasteiger partial charge < -0.3 is 14.6 Å². The van der Waals surface area contributed by atoms with E-state index in [2.05, 4.69) is 13.0 Å². The monoisotopic (exact) mass is 184 g/mol. The second kappa shape index (κ2) is 3.78. The standard InChI is InChI=1S/C10H16O3/c1-2-7-3-4-10-12-6-9(13-10)8(7)5-11/h3-4,7-11H,2,5-6H2,1H3/t7?,8-,9?,10+/m0/s1. The van der Waals surface area contributed by atoms with Gasteiger partial charge in [0.2, 0.25) is 0 Å². The van der Waals surface area contributed by atoms with E-state index in [-0.39, 0.29) is 24.9 Å². The van der Waals surface area contributed by atoms with Crippen LogP contribution in [0.5, 0.6) is 0 Å². The zero-order chi connectivity index (χ0) is 9.26. The highest BCUT2D eigenvalue weighted by Crippen LogP contribution is 2.31. The molecule has 0 aromatic rings. The van der Waals surface area contributed by atoms with Crippen LogP contribution >= 0.6 is 0 Å². The summed E-state index contributed by atoms with van der Waals surface area (Å²) in [5.74, 6) is 0.637. The molecule has 3 nitrogen and oxygen atoms in total. The predicted octanol–water partition coefficient (Wildman–Crippen LogP) is 0.932. The lowest BCUT2D eigenvalue weighted by molar-refractivity contribution is -0.0370. The Morgan fingerprint density at radius 2 is 2.31 bits per heavy atom. The van der Waals surface area contributed by atoms with Crippen LogP contribution in [0.4, 0.5) is 0 Å². The van der Waals surface area contributed by atoms with Crippen molar-refractivity contribution in [2.24, 2.45) is 11.8 Å². The van der Waals surface area contributed by atoms with Gasteiger partial charge in [-0.25, -0.2) is 0 Å². The van der Waals surface area contributed by atoms with Gasteiger partial charge in [0.05, 0.1) is 12.7 Å². The summed E-state index contributed by atoms with van der Waals surface area (Å²) in [5, 5.41) is 9.27. The van der Waals surface area contributed by atoms with Crippen molar-refractivity contribution in [1.29, 1.82) is 0 Å². The van der Waals surface area contributed by atoms with Gasteiger partial charge in [0, 0.05) is 12.5 Å². The molecule has 0 aromatic carbocycles. The molecule has 1 fully saturated rings. The molecule has 4 atom stereocenters. The third-order valence-electron chi connectivity index (χ3n) is 2.96. The predicted molar refractivity (Wildman–Crippen MR) is 48.1 cm³/mol. The molecular weight excluding hydrogens is 168 g/mol. The normalized spacial score (nSPS) is 43.5. The fourth-order valence-corrected chi connectivity index (χ4v) is 2.11. The molecule has 2 aliphatic rings. The zero-order valence-corrected chi connectivity index (χ0v) is 7.85. The van der Waals surface area contributed by atoms with Gasteiger partial charge in [0.1, 0.15) is 0 Å². The van der Waals surface area contributed by atoms with E-state index in [0.29, 0.717) is 12.5 Å². The van der Waals surface area contributed by atoms with E-state index in [0.717, 1.165) is 6.42 Å². The molecule has 3 heteroatoms. The molecule has 1 saturated heterocycles. The minimum absolute atomic E-state index is 0.0787. The van der Waals surface area contributed by atoms with Crippen LogP contribution in [0.15, 0.2) is 12.2 Å². The van der Waals surface area contributed by atoms with Crippen LogP contribution in [0.2, 0.25) is 0 Å². The fourth-order valence-electron chi connectivity index (χ4n) is 2.11. The van der Waals surface area contributed by atoms with Crippen LogP contribution in [0.1, 0.15) is 13.3 Å². The van der Waals surface area contributed by atoms with Crippen molar-refractivity contribution in [3.8, 4) is 0 Å². The van der Waals surface area contributed by atoms with Gasteiger partial charge >= 0.3 is 0 Å². The quantitative estimate of drug-likeness (QED) is 0.649. The van der Waals surface area contributed by atoms with Gasteiger partial charge in [0.25, 0.3) is 0 Å². The lowest BCUT2D eigenvalue weighted by Gasteiger charge is -2.24. The molecule has 2 rings (SSSR count). The van der Waals surface area contributed by atoms with Crippen LogP contribution < -0.4 is 0 Å². The first-order valence-corrected chi connectivity index (χ1v) is 4.91. The van der Waals surface area contributed by atoms with Crippen molar-refractivity contribution in [2.45, 2.75) is 25.7 Å². The Balaban J connectivity index is 2.15. The fraction of sp³-hybridized carbons (Fsp3) is 0.800. The van der Waals surface area contributed by atoms with Crippen molar-refractivity contribution in [1.82, 2.24) is 0 Å². The van der Waals surface area contributed by atoms with Crippen LogP contribution in [-0.2, 0) is 9.47 Å². The first-order valence-electron chi connectivity index (χ1n) is 4.91. The summed E-state index contributed by atoms with van der Waals surface area (Å²) in [7, 11) is 0. The van der Waals surface area contributed by atoms with Crippen LogP contribution in [0.25, 0.3) is 0 Å². The van der Waals surface area contributed by atoms with Crippen molar-refractivity contribution >= 4 is 0 Å². The maximum absolute atomic E-state index is 9.27. The van der Waals surface area contributed by atoms with Crippen molar-refractivity contribution in [3.05, 3.63) is 12.2 Å². The largest absolute Gasteiger partial charge is 0.396 e. The maximum atomic E-state index is 9.27. The van der Waals surface area contributed by atoms with Crippen LogP contribution in [0, 0.1) is 11.8 Å². The summed E-state index contributed by atoms with van der Waals surface area (Å²) in [5.41, 5.74) is 0. The van der Waals surface area contributed by atoms with E-state index in [4.69, 9.17) is 9.47 Å². The molecule has 0 radical (unpaired) electrons. The summed E-state index contributed by atoms with van der Waals surface area (Å²) in [6, 6.07) is 0. The first-order chi connectivity index (χ1) is 6.35. The summed E-state index contributed by atoms with van der Waals surface area (Å²) < 4.78 is 11.0. The Kier molecular flexibility index (Phi) is 2.67. The summed E-state index contributed by atoms with van der Waals surface area (Å²) in [6.07, 6.45) is 5.04. The number of hydrogen-bond acceptors (Lipinski definition) is 3. The van der Waals surface area contributed by atoms with Crippen LogP contribution in [-0.4, -0.2) is 30.7 Å². The highest BCUT2D eigenvalue weighted by atomic mass is 16.7. The minimum Gasteiger partial charge on any atom is -0.396 e. The minimum atomic E-state index is -0.171. The molecule has 2 heterocycles. The van der Waals surface area contributed by atoms with Gasteiger partial charge in [-0.2, -0.15) is 0 Å². The molecule has 0 aliphatic carbocycles. The topological polar surface area (TPSA) is 38.7 Å². The summed E-state index contributed by atoms with van der Waals surface area (Å²) >= 11 is 0. The Hall–Kier alpha value is -0.380. The average Bonchev–Trinajstić information content (AvgIpc) is 2.50. The van der Waals surface area contributed by atoms with Gasteiger partial charge in [-0.15, -0.1) is 0 Å². The first kappa shape index (κ1) is 9.19. The highest BCUT2D eigenvalue weighted by molar-refractivity contribution is 5.00. The molecule has 0 saturated carbocycles. The number of rotatable bonds is 2. The van der Waals surface area contributed by atoms with Gasteiger partial charge in [-0.3, -0.25) is 0 Å². The SMILES string of the molecule is CCC1C=C[C@@H]2OCC(O2)[C@H]1CO. The van der Waals surface area contributed by atoms with Crippen molar-refractivity contribution < 1.29 is 14.6 Å². The number of hydrogen-bond donors (Lipinski definition) is 1. The number of aliphatic hydroxyl groups excluding tert-OH is 1. The molecule has 74 valence electrons. The molecule has 0 amide bonds. The van der Waals surface area contributed by atoms with Gasteiger partial charge in [-0.05, 0) is 18.4 Å². The molecule has 1 N–H and O–H groups in total. The van der Waals surface area contributed by atoms with E-state index >= 15 is 0 Å². The lowest BCUT2D eigenvalue weighted by Crippen LogP contribution is -2.31. The number of allylic oxidation sites excluding steroid dienone is 1. The molecule has 0 aromatic heterocycles. The third-order valence-corrected chi connectivity index (χ3v) is 2.96. The highest BCUT2D eigenvalue weighted by Gasteiger charge is 2.36.